The minimum atomic E-state index is -4.70. The summed E-state index contributed by atoms with van der Waals surface area (Å²) >= 11 is 0. The molecule has 0 atom stereocenters. The van der Waals surface area contributed by atoms with Crippen LogP contribution in [0.25, 0.3) is 5.82 Å². The van der Waals surface area contributed by atoms with Gasteiger partial charge in [0.15, 0.2) is 5.82 Å². The topological polar surface area (TPSA) is 111 Å². The predicted molar refractivity (Wildman–Crippen MR) is 60.6 cm³/mol. The van der Waals surface area contributed by atoms with Crippen LogP contribution in [0.15, 0.2) is 34.1 Å². The van der Waals surface area contributed by atoms with Gasteiger partial charge in [-0.2, -0.15) is 13.2 Å². The van der Waals surface area contributed by atoms with Crippen molar-refractivity contribution >= 4 is 10.0 Å². The highest BCUT2D eigenvalue weighted by Crippen LogP contribution is 2.26. The molecule has 0 amide bonds. The number of H-pyrrole nitrogens is 1. The monoisotopic (exact) mass is 308 g/mol. The van der Waals surface area contributed by atoms with Crippen LogP contribution >= 0.6 is 0 Å². The zero-order valence-corrected chi connectivity index (χ0v) is 10.4. The molecule has 0 bridgehead atoms. The minimum absolute atomic E-state index is 0.196. The summed E-state index contributed by atoms with van der Waals surface area (Å²) in [5.74, 6) is -0.196. The van der Waals surface area contributed by atoms with Gasteiger partial charge >= 0.3 is 6.18 Å². The lowest BCUT2D eigenvalue weighted by Gasteiger charge is -2.04. The molecule has 0 unspecified atom stereocenters. The molecule has 7 nitrogen and oxygen atoms in total. The molecule has 0 saturated heterocycles. The smallest absolute Gasteiger partial charge is 0.285 e. The largest absolute Gasteiger partial charge is 0.432 e. The Hall–Kier alpha value is -2.14. The number of nitrogens with zero attached hydrogens (tertiary/aromatic N) is 2. The Morgan fingerprint density at radius 1 is 1.30 bits per heavy atom. The number of alkyl halides is 3. The molecule has 20 heavy (non-hydrogen) atoms. The van der Waals surface area contributed by atoms with Crippen LogP contribution in [0.4, 0.5) is 13.2 Å². The number of hydrogen-bond donors (Lipinski definition) is 2. The summed E-state index contributed by atoms with van der Waals surface area (Å²) in [5.41, 5.74) is -2.21. The first-order valence-corrected chi connectivity index (χ1v) is 6.52. The molecule has 0 radical (unpaired) electrons. The highest BCUT2D eigenvalue weighted by molar-refractivity contribution is 7.89. The molecule has 2 aromatic heterocycles. The third-order valence-electron chi connectivity index (χ3n) is 2.30. The van der Waals surface area contributed by atoms with Gasteiger partial charge in [0.05, 0.1) is 0 Å². The second-order valence-electron chi connectivity index (χ2n) is 3.74. The van der Waals surface area contributed by atoms with Gasteiger partial charge in [-0.05, 0) is 12.1 Å². The van der Waals surface area contributed by atoms with E-state index in [1.54, 1.807) is 0 Å². The third kappa shape index (κ3) is 2.72. The summed E-state index contributed by atoms with van der Waals surface area (Å²) in [6, 6.07) is 2.45. The standard InChI is InChI=1S/C9H7F3N4O3S/c10-9(11,12)6-3-8(17)16(15-6)7-2-1-5(4-14-7)20(13,18)19/h1-4,15H,(H2,13,18,19). The van der Waals surface area contributed by atoms with Crippen molar-refractivity contribution in [2.45, 2.75) is 11.1 Å². The summed E-state index contributed by atoms with van der Waals surface area (Å²) in [6.07, 6.45) is -3.86. The van der Waals surface area contributed by atoms with Crippen molar-refractivity contribution in [3.05, 3.63) is 40.4 Å². The predicted octanol–water partition coefficient (Wildman–Crippen LogP) is 0.227. The SMILES string of the molecule is NS(=O)(=O)c1ccc(-n2[nH]c(C(F)(F)F)cc2=O)nc1. The van der Waals surface area contributed by atoms with E-state index in [1.165, 1.54) is 0 Å². The first kappa shape index (κ1) is 14.3. The number of aromatic amines is 1. The van der Waals surface area contributed by atoms with Gasteiger partial charge in [0.25, 0.3) is 5.56 Å². The van der Waals surface area contributed by atoms with E-state index < -0.39 is 27.5 Å². The normalized spacial score (nSPS) is 12.6. The van der Waals surface area contributed by atoms with E-state index in [0.29, 0.717) is 10.7 Å². The van der Waals surface area contributed by atoms with Gasteiger partial charge in [-0.25, -0.2) is 23.2 Å². The number of sulfonamides is 1. The summed E-state index contributed by atoms with van der Waals surface area (Å²) in [7, 11) is -3.97. The van der Waals surface area contributed by atoms with Crippen molar-refractivity contribution in [3.8, 4) is 5.82 Å². The van der Waals surface area contributed by atoms with Crippen LogP contribution in [0.3, 0.4) is 0 Å². The number of nitrogens with one attached hydrogen (secondary N) is 1. The van der Waals surface area contributed by atoms with Crippen LogP contribution in [0.2, 0.25) is 0 Å². The maximum atomic E-state index is 12.4. The van der Waals surface area contributed by atoms with Crippen molar-refractivity contribution in [2.75, 3.05) is 0 Å². The molecule has 0 aliphatic rings. The zero-order chi connectivity index (χ0) is 15.1. The van der Waals surface area contributed by atoms with Crippen molar-refractivity contribution in [2.24, 2.45) is 5.14 Å². The van der Waals surface area contributed by atoms with Crippen molar-refractivity contribution < 1.29 is 21.6 Å². The second-order valence-corrected chi connectivity index (χ2v) is 5.30. The Labute approximate surface area is 109 Å². The van der Waals surface area contributed by atoms with E-state index in [4.69, 9.17) is 5.14 Å². The van der Waals surface area contributed by atoms with Crippen molar-refractivity contribution in [3.63, 3.8) is 0 Å². The number of pyridine rings is 1. The molecule has 0 fully saturated rings. The quantitative estimate of drug-likeness (QED) is 0.827. The fraction of sp³-hybridized carbons (Fsp3) is 0.111. The lowest BCUT2D eigenvalue weighted by molar-refractivity contribution is -0.141. The number of primary sulfonamides is 1. The Bertz CT molecular complexity index is 789. The molecule has 0 spiro atoms. The lowest BCUT2D eigenvalue weighted by atomic mass is 10.4. The highest BCUT2D eigenvalue weighted by atomic mass is 32.2. The maximum Gasteiger partial charge on any atom is 0.432 e. The van der Waals surface area contributed by atoms with Gasteiger partial charge in [-0.1, -0.05) is 0 Å². The molecule has 11 heteroatoms. The highest BCUT2D eigenvalue weighted by Gasteiger charge is 2.33. The van der Waals surface area contributed by atoms with Crippen molar-refractivity contribution in [1.82, 2.24) is 14.8 Å². The fourth-order valence-electron chi connectivity index (χ4n) is 1.38. The zero-order valence-electron chi connectivity index (χ0n) is 9.55. The van der Waals surface area contributed by atoms with Crippen LogP contribution in [0.1, 0.15) is 5.69 Å². The van der Waals surface area contributed by atoms with Gasteiger partial charge in [-0.15, -0.1) is 0 Å². The lowest BCUT2D eigenvalue weighted by Crippen LogP contribution is -2.16. The average Bonchev–Trinajstić information content (AvgIpc) is 2.70. The Morgan fingerprint density at radius 2 is 1.95 bits per heavy atom. The van der Waals surface area contributed by atoms with E-state index in [0.717, 1.165) is 18.3 Å². The van der Waals surface area contributed by atoms with E-state index in [1.807, 2.05) is 5.10 Å². The molecule has 108 valence electrons. The Morgan fingerprint density at radius 3 is 2.35 bits per heavy atom. The number of aromatic nitrogens is 3. The van der Waals surface area contributed by atoms with Crippen LogP contribution in [-0.4, -0.2) is 23.2 Å². The van der Waals surface area contributed by atoms with Gasteiger partial charge in [0.1, 0.15) is 10.6 Å². The minimum Gasteiger partial charge on any atom is -0.285 e. The van der Waals surface area contributed by atoms with Crippen LogP contribution in [-0.2, 0) is 16.2 Å². The van der Waals surface area contributed by atoms with Gasteiger partial charge in [0, 0.05) is 12.3 Å². The number of hydrogen-bond acceptors (Lipinski definition) is 4. The molecule has 2 aromatic rings. The summed E-state index contributed by atoms with van der Waals surface area (Å²) in [5, 5.41) is 6.68. The molecule has 3 N–H and O–H groups in total. The molecular weight excluding hydrogens is 301 g/mol. The van der Waals surface area contributed by atoms with E-state index in [-0.39, 0.29) is 10.7 Å². The Kier molecular flexibility index (Phi) is 3.18. The third-order valence-corrected chi connectivity index (χ3v) is 3.20. The van der Waals surface area contributed by atoms with Crippen LogP contribution in [0.5, 0.6) is 0 Å². The van der Waals surface area contributed by atoms with Crippen LogP contribution in [0, 0.1) is 0 Å². The summed E-state index contributed by atoms with van der Waals surface area (Å²) in [4.78, 5) is 14.7. The molecule has 0 aliphatic carbocycles. The summed E-state index contributed by atoms with van der Waals surface area (Å²) in [6.45, 7) is 0. The van der Waals surface area contributed by atoms with Gasteiger partial charge < -0.3 is 0 Å². The fourth-order valence-corrected chi connectivity index (χ4v) is 1.84. The molecule has 2 rings (SSSR count). The summed E-state index contributed by atoms with van der Waals surface area (Å²) < 4.78 is 59.8. The van der Waals surface area contributed by atoms with E-state index in [2.05, 4.69) is 4.98 Å². The average molecular weight is 308 g/mol. The number of halogens is 3. The van der Waals surface area contributed by atoms with E-state index >= 15 is 0 Å². The second kappa shape index (κ2) is 4.45. The van der Waals surface area contributed by atoms with Crippen LogP contribution < -0.4 is 10.7 Å². The number of rotatable bonds is 2. The van der Waals surface area contributed by atoms with E-state index in [9.17, 15) is 26.4 Å². The molecular formula is C9H7F3N4O3S. The Balaban J connectivity index is 2.48. The maximum absolute atomic E-state index is 12.4. The first-order chi connectivity index (χ1) is 9.09. The van der Waals surface area contributed by atoms with Gasteiger partial charge in [0.2, 0.25) is 10.0 Å². The molecule has 0 aliphatic heterocycles. The molecule has 2 heterocycles. The first-order valence-electron chi connectivity index (χ1n) is 4.97. The number of nitrogens with two attached hydrogens (primary N) is 1. The molecule has 0 saturated carbocycles. The van der Waals surface area contributed by atoms with Gasteiger partial charge in [-0.3, -0.25) is 9.89 Å². The van der Waals surface area contributed by atoms with Crippen molar-refractivity contribution in [1.29, 1.82) is 0 Å². The molecule has 0 aromatic carbocycles.